The van der Waals surface area contributed by atoms with Crippen LogP contribution in [-0.2, 0) is 11.2 Å². The Hall–Kier alpha value is -2.16. The zero-order valence-corrected chi connectivity index (χ0v) is 9.59. The molecule has 1 heterocycles. The van der Waals surface area contributed by atoms with E-state index in [2.05, 4.69) is 9.72 Å². The maximum Gasteiger partial charge on any atom is 0.337 e. The van der Waals surface area contributed by atoms with Gasteiger partial charge in [-0.1, -0.05) is 18.2 Å². The van der Waals surface area contributed by atoms with Gasteiger partial charge in [0, 0.05) is 12.4 Å². The largest absolute Gasteiger partial charge is 0.465 e. The second-order valence-corrected chi connectivity index (χ2v) is 3.73. The highest BCUT2D eigenvalue weighted by Gasteiger charge is 2.04. The molecule has 0 aliphatic heterocycles. The fourth-order valence-electron chi connectivity index (χ4n) is 1.61. The Balaban J connectivity index is 2.11. The van der Waals surface area contributed by atoms with Gasteiger partial charge in [-0.2, -0.15) is 0 Å². The summed E-state index contributed by atoms with van der Waals surface area (Å²) in [6, 6.07) is 11.4. The second-order valence-electron chi connectivity index (χ2n) is 3.73. The average Bonchev–Trinajstić information content (AvgIpc) is 2.40. The molecule has 3 nitrogen and oxygen atoms in total. The summed E-state index contributed by atoms with van der Waals surface area (Å²) in [5.74, 6) is -0.307. The number of ether oxygens (including phenoxy) is 1. The molecular weight excluding hydrogens is 214 g/mol. The number of carbonyl (C=O) groups excluding carboxylic acids is 1. The van der Waals surface area contributed by atoms with Crippen LogP contribution >= 0.6 is 0 Å². The third kappa shape index (κ3) is 2.91. The van der Waals surface area contributed by atoms with Crippen molar-refractivity contribution in [1.29, 1.82) is 0 Å². The first-order valence-electron chi connectivity index (χ1n) is 5.36. The highest BCUT2D eigenvalue weighted by molar-refractivity contribution is 5.89. The van der Waals surface area contributed by atoms with Gasteiger partial charge < -0.3 is 4.74 Å². The number of esters is 1. The van der Waals surface area contributed by atoms with Crippen molar-refractivity contribution in [1.82, 2.24) is 4.98 Å². The van der Waals surface area contributed by atoms with Crippen LogP contribution in [0.4, 0.5) is 0 Å². The van der Waals surface area contributed by atoms with E-state index in [4.69, 9.17) is 0 Å². The van der Waals surface area contributed by atoms with E-state index in [1.54, 1.807) is 18.3 Å². The highest BCUT2D eigenvalue weighted by Crippen LogP contribution is 2.10. The predicted octanol–water partition coefficient (Wildman–Crippen LogP) is 2.46. The van der Waals surface area contributed by atoms with Gasteiger partial charge in [-0.15, -0.1) is 0 Å². The number of hydrogen-bond acceptors (Lipinski definition) is 3. The van der Waals surface area contributed by atoms with Gasteiger partial charge in [0.25, 0.3) is 0 Å². The molecule has 1 aromatic carbocycles. The molecule has 0 saturated heterocycles. The molecule has 0 aliphatic carbocycles. The zero-order valence-electron chi connectivity index (χ0n) is 9.59. The van der Waals surface area contributed by atoms with Crippen molar-refractivity contribution in [2.45, 2.75) is 6.42 Å². The number of carbonyl (C=O) groups is 1. The Morgan fingerprint density at radius 2 is 1.94 bits per heavy atom. The molecule has 2 aromatic rings. The van der Waals surface area contributed by atoms with Crippen LogP contribution in [0.25, 0.3) is 0 Å². The van der Waals surface area contributed by atoms with Crippen LogP contribution in [0.3, 0.4) is 0 Å². The summed E-state index contributed by atoms with van der Waals surface area (Å²) < 4.78 is 4.65. The topological polar surface area (TPSA) is 39.2 Å². The molecule has 2 rings (SSSR count). The van der Waals surface area contributed by atoms with Gasteiger partial charge in [-0.3, -0.25) is 4.98 Å². The van der Waals surface area contributed by atoms with Crippen molar-refractivity contribution in [2.24, 2.45) is 0 Å². The molecule has 17 heavy (non-hydrogen) atoms. The van der Waals surface area contributed by atoms with E-state index < -0.39 is 0 Å². The number of methoxy groups -OCH3 is 1. The van der Waals surface area contributed by atoms with Gasteiger partial charge in [-0.25, -0.2) is 4.79 Å². The predicted molar refractivity (Wildman–Crippen MR) is 64.8 cm³/mol. The van der Waals surface area contributed by atoms with Crippen molar-refractivity contribution in [2.75, 3.05) is 7.11 Å². The maximum absolute atomic E-state index is 11.3. The summed E-state index contributed by atoms with van der Waals surface area (Å²) in [4.78, 5) is 15.3. The standard InChI is InChI=1S/C14H13NO2/c1-17-14(16)13-6-4-11(5-7-13)9-12-3-2-8-15-10-12/h2-8,10H,9H2,1H3. The Kier molecular flexibility index (Phi) is 3.50. The number of aromatic nitrogens is 1. The maximum atomic E-state index is 11.3. The summed E-state index contributed by atoms with van der Waals surface area (Å²) in [5.41, 5.74) is 2.87. The number of hydrogen-bond donors (Lipinski definition) is 0. The number of nitrogens with zero attached hydrogens (tertiary/aromatic N) is 1. The Morgan fingerprint density at radius 3 is 2.53 bits per heavy atom. The number of rotatable bonds is 3. The minimum atomic E-state index is -0.307. The molecule has 0 spiro atoms. The average molecular weight is 227 g/mol. The fraction of sp³-hybridized carbons (Fsp3) is 0.143. The molecule has 3 heteroatoms. The van der Waals surface area contributed by atoms with Crippen molar-refractivity contribution in [3.8, 4) is 0 Å². The lowest BCUT2D eigenvalue weighted by molar-refractivity contribution is 0.0600. The van der Waals surface area contributed by atoms with Crippen molar-refractivity contribution in [3.05, 3.63) is 65.5 Å². The van der Waals surface area contributed by atoms with Crippen LogP contribution in [0.15, 0.2) is 48.8 Å². The molecule has 0 saturated carbocycles. The van der Waals surface area contributed by atoms with Crippen LogP contribution in [0.2, 0.25) is 0 Å². The quantitative estimate of drug-likeness (QED) is 0.756. The first-order chi connectivity index (χ1) is 8.29. The minimum absolute atomic E-state index is 0.307. The number of benzene rings is 1. The summed E-state index contributed by atoms with van der Waals surface area (Å²) in [6.07, 6.45) is 4.41. The van der Waals surface area contributed by atoms with E-state index in [9.17, 15) is 4.79 Å². The lowest BCUT2D eigenvalue weighted by atomic mass is 10.1. The van der Waals surface area contributed by atoms with Gasteiger partial charge in [0.05, 0.1) is 12.7 Å². The molecule has 0 atom stereocenters. The van der Waals surface area contributed by atoms with E-state index in [1.165, 1.54) is 7.11 Å². The highest BCUT2D eigenvalue weighted by atomic mass is 16.5. The van der Waals surface area contributed by atoms with Crippen molar-refractivity contribution < 1.29 is 9.53 Å². The molecule has 0 fully saturated rings. The van der Waals surface area contributed by atoms with Gasteiger partial charge >= 0.3 is 5.97 Å². The first kappa shape index (κ1) is 11.3. The zero-order chi connectivity index (χ0) is 12.1. The lowest BCUT2D eigenvalue weighted by Crippen LogP contribution is -2.01. The molecule has 0 amide bonds. The van der Waals surface area contributed by atoms with Gasteiger partial charge in [0.1, 0.15) is 0 Å². The summed E-state index contributed by atoms with van der Waals surface area (Å²) in [5, 5.41) is 0. The summed E-state index contributed by atoms with van der Waals surface area (Å²) in [6.45, 7) is 0. The summed E-state index contributed by atoms with van der Waals surface area (Å²) >= 11 is 0. The van der Waals surface area contributed by atoms with Crippen LogP contribution in [0.5, 0.6) is 0 Å². The van der Waals surface area contributed by atoms with E-state index in [1.807, 2.05) is 30.5 Å². The molecule has 86 valence electrons. The number of pyridine rings is 1. The van der Waals surface area contributed by atoms with E-state index in [0.717, 1.165) is 17.5 Å². The van der Waals surface area contributed by atoms with Crippen LogP contribution in [0, 0.1) is 0 Å². The molecule has 1 aromatic heterocycles. The SMILES string of the molecule is COC(=O)c1ccc(Cc2cccnc2)cc1. The minimum Gasteiger partial charge on any atom is -0.465 e. The molecule has 0 unspecified atom stereocenters. The Labute approximate surface area is 100 Å². The monoisotopic (exact) mass is 227 g/mol. The smallest absolute Gasteiger partial charge is 0.337 e. The van der Waals surface area contributed by atoms with E-state index in [-0.39, 0.29) is 5.97 Å². The van der Waals surface area contributed by atoms with Crippen molar-refractivity contribution in [3.63, 3.8) is 0 Å². The van der Waals surface area contributed by atoms with Crippen LogP contribution < -0.4 is 0 Å². The van der Waals surface area contributed by atoms with E-state index >= 15 is 0 Å². The van der Waals surface area contributed by atoms with Crippen molar-refractivity contribution >= 4 is 5.97 Å². The molecule has 0 N–H and O–H groups in total. The molecule has 0 radical (unpaired) electrons. The summed E-state index contributed by atoms with van der Waals surface area (Å²) in [7, 11) is 1.38. The van der Waals surface area contributed by atoms with Gasteiger partial charge in [-0.05, 0) is 35.7 Å². The van der Waals surface area contributed by atoms with Crippen LogP contribution in [-0.4, -0.2) is 18.1 Å². The van der Waals surface area contributed by atoms with Gasteiger partial charge in [0.2, 0.25) is 0 Å². The Bertz CT molecular complexity index is 491. The van der Waals surface area contributed by atoms with Gasteiger partial charge in [0.15, 0.2) is 0 Å². The van der Waals surface area contributed by atoms with E-state index in [0.29, 0.717) is 5.56 Å². The Morgan fingerprint density at radius 1 is 1.18 bits per heavy atom. The van der Waals surface area contributed by atoms with Crippen LogP contribution in [0.1, 0.15) is 21.5 Å². The molecule has 0 aliphatic rings. The fourth-order valence-corrected chi connectivity index (χ4v) is 1.61. The molecular formula is C14H13NO2. The second kappa shape index (κ2) is 5.25. The lowest BCUT2D eigenvalue weighted by Gasteiger charge is -2.03. The first-order valence-corrected chi connectivity index (χ1v) is 5.36. The third-order valence-electron chi connectivity index (χ3n) is 2.51. The molecule has 0 bridgehead atoms. The normalized spacial score (nSPS) is 9.94. The third-order valence-corrected chi connectivity index (χ3v) is 2.51.